The van der Waals surface area contributed by atoms with E-state index in [1.54, 1.807) is 38.2 Å². The molecule has 0 aliphatic carbocycles. The Bertz CT molecular complexity index is 1370. The summed E-state index contributed by atoms with van der Waals surface area (Å²) in [5.41, 5.74) is -1.67. The molecule has 1 aromatic heterocycles. The third-order valence-corrected chi connectivity index (χ3v) is 6.53. The topological polar surface area (TPSA) is 74.3 Å². The fraction of sp³-hybridized carbons (Fsp3) is 0.346. The first-order chi connectivity index (χ1) is 17.8. The number of rotatable bonds is 5. The predicted molar refractivity (Wildman–Crippen MR) is 128 cm³/mol. The SMILES string of the molecule is CNC(C)C(=O)N[C@H]1CCc2ccccc2N(Cc2cc(C(F)(F)F)nc3ccc(C(F)(F)F)cc23)C1=O. The van der Waals surface area contributed by atoms with E-state index in [-0.39, 0.29) is 22.9 Å². The first-order valence-corrected chi connectivity index (χ1v) is 11.7. The van der Waals surface area contributed by atoms with Gasteiger partial charge in [0, 0.05) is 11.1 Å². The summed E-state index contributed by atoms with van der Waals surface area (Å²) < 4.78 is 81.3. The third kappa shape index (κ3) is 5.59. The zero-order valence-corrected chi connectivity index (χ0v) is 20.4. The zero-order chi connectivity index (χ0) is 27.8. The lowest BCUT2D eigenvalue weighted by Gasteiger charge is -2.28. The number of para-hydroxylation sites is 1. The summed E-state index contributed by atoms with van der Waals surface area (Å²) in [6.45, 7) is 1.14. The molecular weight excluding hydrogens is 514 g/mol. The van der Waals surface area contributed by atoms with Gasteiger partial charge in [-0.05, 0) is 68.3 Å². The van der Waals surface area contributed by atoms with Crippen molar-refractivity contribution in [3.63, 3.8) is 0 Å². The van der Waals surface area contributed by atoms with Gasteiger partial charge in [-0.15, -0.1) is 0 Å². The van der Waals surface area contributed by atoms with E-state index in [0.29, 0.717) is 29.8 Å². The van der Waals surface area contributed by atoms with Crippen LogP contribution < -0.4 is 15.5 Å². The number of amides is 2. The Balaban J connectivity index is 1.84. The molecule has 1 aliphatic heterocycles. The van der Waals surface area contributed by atoms with Crippen molar-refractivity contribution < 1.29 is 35.9 Å². The maximum Gasteiger partial charge on any atom is 0.433 e. The Hall–Kier alpha value is -3.67. The van der Waals surface area contributed by atoms with E-state index in [4.69, 9.17) is 0 Å². The Labute approximate surface area is 214 Å². The van der Waals surface area contributed by atoms with Crippen LogP contribution in [0.1, 0.15) is 35.7 Å². The number of aromatic nitrogens is 1. The van der Waals surface area contributed by atoms with Crippen molar-refractivity contribution in [2.45, 2.75) is 50.7 Å². The van der Waals surface area contributed by atoms with E-state index < -0.39 is 54.1 Å². The zero-order valence-electron chi connectivity index (χ0n) is 20.4. The van der Waals surface area contributed by atoms with Gasteiger partial charge in [-0.1, -0.05) is 18.2 Å². The van der Waals surface area contributed by atoms with Gasteiger partial charge in [0.15, 0.2) is 0 Å². The van der Waals surface area contributed by atoms with Gasteiger partial charge in [-0.2, -0.15) is 26.3 Å². The highest BCUT2D eigenvalue weighted by Gasteiger charge is 2.37. The molecule has 1 unspecified atom stereocenters. The summed E-state index contributed by atoms with van der Waals surface area (Å²) in [6, 6.07) is 8.11. The highest BCUT2D eigenvalue weighted by Crippen LogP contribution is 2.36. The number of halogens is 6. The number of hydrogen-bond acceptors (Lipinski definition) is 4. The number of aryl methyl sites for hydroxylation is 1. The number of anilines is 1. The molecule has 2 atom stereocenters. The van der Waals surface area contributed by atoms with E-state index in [1.807, 2.05) is 0 Å². The second kappa shape index (κ2) is 10.2. The monoisotopic (exact) mass is 538 g/mol. The maximum atomic E-state index is 13.7. The summed E-state index contributed by atoms with van der Waals surface area (Å²) in [6.07, 6.45) is -8.98. The van der Waals surface area contributed by atoms with Crippen molar-refractivity contribution in [3.05, 3.63) is 70.9 Å². The second-order valence-corrected chi connectivity index (χ2v) is 9.06. The van der Waals surface area contributed by atoms with Crippen LogP contribution in [0.3, 0.4) is 0 Å². The average Bonchev–Trinajstić information content (AvgIpc) is 2.99. The van der Waals surface area contributed by atoms with Gasteiger partial charge in [-0.3, -0.25) is 9.59 Å². The van der Waals surface area contributed by atoms with Crippen molar-refractivity contribution in [2.24, 2.45) is 0 Å². The minimum absolute atomic E-state index is 0.160. The third-order valence-electron chi connectivity index (χ3n) is 6.53. The molecule has 2 heterocycles. The number of hydrogen-bond donors (Lipinski definition) is 2. The van der Waals surface area contributed by atoms with Crippen LogP contribution in [0.2, 0.25) is 0 Å². The molecule has 2 aromatic carbocycles. The number of nitrogens with one attached hydrogen (secondary N) is 2. The summed E-state index contributed by atoms with van der Waals surface area (Å²) in [7, 11) is 1.57. The van der Waals surface area contributed by atoms with Crippen LogP contribution in [0.15, 0.2) is 48.5 Å². The van der Waals surface area contributed by atoms with Gasteiger partial charge in [0.2, 0.25) is 11.8 Å². The van der Waals surface area contributed by atoms with Crippen LogP contribution in [0, 0.1) is 0 Å². The minimum Gasteiger partial charge on any atom is -0.343 e. The van der Waals surface area contributed by atoms with Gasteiger partial charge < -0.3 is 15.5 Å². The van der Waals surface area contributed by atoms with Gasteiger partial charge in [0.25, 0.3) is 0 Å². The lowest BCUT2D eigenvalue weighted by molar-refractivity contribution is -0.141. The molecule has 1 aliphatic rings. The summed E-state index contributed by atoms with van der Waals surface area (Å²) in [5, 5.41) is 5.29. The molecule has 3 aromatic rings. The number of pyridine rings is 1. The van der Waals surface area contributed by atoms with E-state index in [1.165, 1.54) is 4.90 Å². The number of alkyl halides is 6. The van der Waals surface area contributed by atoms with Gasteiger partial charge in [0.05, 0.1) is 23.7 Å². The number of nitrogens with zero attached hydrogens (tertiary/aromatic N) is 2. The van der Waals surface area contributed by atoms with Crippen LogP contribution in [-0.4, -0.2) is 35.9 Å². The number of likely N-dealkylation sites (N-methyl/N-ethyl adjacent to an activating group) is 1. The lowest BCUT2D eigenvalue weighted by Crippen LogP contribution is -2.52. The quantitative estimate of drug-likeness (QED) is 0.456. The summed E-state index contributed by atoms with van der Waals surface area (Å²) in [4.78, 5) is 30.9. The maximum absolute atomic E-state index is 13.7. The van der Waals surface area contributed by atoms with Crippen LogP contribution in [0.25, 0.3) is 10.9 Å². The fourth-order valence-electron chi connectivity index (χ4n) is 4.36. The van der Waals surface area contributed by atoms with Crippen molar-refractivity contribution >= 4 is 28.4 Å². The van der Waals surface area contributed by atoms with Gasteiger partial charge in [-0.25, -0.2) is 4.98 Å². The van der Waals surface area contributed by atoms with Crippen molar-refractivity contribution in [2.75, 3.05) is 11.9 Å². The standard InChI is InChI=1S/C26H24F6N4O2/c1-14(33-2)23(37)35-20-9-7-15-5-3-4-6-21(15)36(24(20)38)13-16-11-22(26(30,31)32)34-19-10-8-17(12-18(16)19)25(27,28)29/h3-6,8,10-12,14,20,33H,7,9,13H2,1-2H3,(H,35,37)/t14?,20-/m0/s1. The Kier molecular flexibility index (Phi) is 7.37. The van der Waals surface area contributed by atoms with E-state index in [2.05, 4.69) is 15.6 Å². The Morgan fingerprint density at radius 2 is 1.79 bits per heavy atom. The van der Waals surface area contributed by atoms with Gasteiger partial charge >= 0.3 is 12.4 Å². The normalized spacial score (nSPS) is 17.2. The molecule has 0 radical (unpaired) electrons. The minimum atomic E-state index is -4.87. The molecule has 2 N–H and O–H groups in total. The van der Waals surface area contributed by atoms with Crippen molar-refractivity contribution in [1.29, 1.82) is 0 Å². The molecule has 12 heteroatoms. The molecule has 0 saturated heterocycles. The largest absolute Gasteiger partial charge is 0.433 e. The van der Waals surface area contributed by atoms with E-state index >= 15 is 0 Å². The predicted octanol–water partition coefficient (Wildman–Crippen LogP) is 4.84. The first-order valence-electron chi connectivity index (χ1n) is 11.7. The molecule has 4 rings (SSSR count). The van der Waals surface area contributed by atoms with Gasteiger partial charge in [0.1, 0.15) is 11.7 Å². The highest BCUT2D eigenvalue weighted by atomic mass is 19.4. The Morgan fingerprint density at radius 1 is 1.08 bits per heavy atom. The molecule has 0 bridgehead atoms. The molecule has 38 heavy (non-hydrogen) atoms. The number of carbonyl (C=O) groups excluding carboxylic acids is 2. The van der Waals surface area contributed by atoms with Crippen molar-refractivity contribution in [3.8, 4) is 0 Å². The number of benzene rings is 2. The first kappa shape index (κ1) is 27.4. The lowest BCUT2D eigenvalue weighted by atomic mass is 10.0. The highest BCUT2D eigenvalue weighted by molar-refractivity contribution is 6.01. The molecule has 202 valence electrons. The smallest absolute Gasteiger partial charge is 0.343 e. The fourth-order valence-corrected chi connectivity index (χ4v) is 4.36. The van der Waals surface area contributed by atoms with Crippen LogP contribution in [0.5, 0.6) is 0 Å². The van der Waals surface area contributed by atoms with Crippen molar-refractivity contribution in [1.82, 2.24) is 15.6 Å². The Morgan fingerprint density at radius 3 is 2.45 bits per heavy atom. The molecule has 2 amide bonds. The molecular formula is C26H24F6N4O2. The second-order valence-electron chi connectivity index (χ2n) is 9.06. The molecule has 0 fully saturated rings. The number of fused-ring (bicyclic) bond motifs is 2. The van der Waals surface area contributed by atoms with Crippen LogP contribution >= 0.6 is 0 Å². The summed E-state index contributed by atoms with van der Waals surface area (Å²) >= 11 is 0. The number of carbonyl (C=O) groups is 2. The average molecular weight is 538 g/mol. The van der Waals surface area contributed by atoms with Crippen LogP contribution in [-0.2, 0) is 34.9 Å². The van der Waals surface area contributed by atoms with E-state index in [9.17, 15) is 35.9 Å². The van der Waals surface area contributed by atoms with Crippen LogP contribution in [0.4, 0.5) is 32.0 Å². The van der Waals surface area contributed by atoms with E-state index in [0.717, 1.165) is 12.1 Å². The summed E-state index contributed by atoms with van der Waals surface area (Å²) in [5.74, 6) is -1.03. The molecule has 0 saturated carbocycles. The molecule has 0 spiro atoms. The molecule has 6 nitrogen and oxygen atoms in total.